The van der Waals surface area contributed by atoms with Crippen molar-refractivity contribution in [3.05, 3.63) is 65.5 Å². The third kappa shape index (κ3) is 5.94. The van der Waals surface area contributed by atoms with Crippen molar-refractivity contribution in [2.24, 2.45) is 0 Å². The molecule has 0 aliphatic carbocycles. The first kappa shape index (κ1) is 19.6. The van der Waals surface area contributed by atoms with Gasteiger partial charge >= 0.3 is 0 Å². The lowest BCUT2D eigenvalue weighted by Gasteiger charge is -2.17. The number of benzene rings is 2. The second-order valence-corrected chi connectivity index (χ2v) is 8.87. The van der Waals surface area contributed by atoms with Crippen LogP contribution in [0, 0.1) is 5.82 Å². The molecule has 0 unspecified atom stereocenters. The molecule has 0 radical (unpaired) electrons. The van der Waals surface area contributed by atoms with Gasteiger partial charge < -0.3 is 4.90 Å². The van der Waals surface area contributed by atoms with Crippen LogP contribution in [0.2, 0.25) is 0 Å². The van der Waals surface area contributed by atoms with E-state index in [0.717, 1.165) is 6.54 Å². The zero-order chi connectivity index (χ0) is 18.4. The van der Waals surface area contributed by atoms with Crippen LogP contribution in [0.25, 0.3) is 0 Å². The minimum Gasteiger partial charge on any atom is -0.302 e. The molecule has 3 nitrogen and oxygen atoms in total. The van der Waals surface area contributed by atoms with Crippen molar-refractivity contribution in [2.75, 3.05) is 19.3 Å². The van der Waals surface area contributed by atoms with Gasteiger partial charge in [0.15, 0.2) is 9.84 Å². The molecule has 25 heavy (non-hydrogen) atoms. The lowest BCUT2D eigenvalue weighted by molar-refractivity contribution is 0.328. The van der Waals surface area contributed by atoms with Crippen LogP contribution >= 0.6 is 0 Å². The first-order valence-corrected chi connectivity index (χ1v) is 10.2. The van der Waals surface area contributed by atoms with Crippen molar-refractivity contribution >= 4 is 9.84 Å². The Balaban J connectivity index is 1.83. The van der Waals surface area contributed by atoms with E-state index in [2.05, 4.69) is 43.0 Å². The molecule has 0 spiro atoms. The molecule has 0 heterocycles. The minimum atomic E-state index is -3.35. The van der Waals surface area contributed by atoms with E-state index in [1.54, 1.807) is 0 Å². The second kappa shape index (κ2) is 8.59. The Morgan fingerprint density at radius 1 is 1.00 bits per heavy atom. The van der Waals surface area contributed by atoms with Crippen molar-refractivity contribution < 1.29 is 12.8 Å². The molecular weight excluding hydrogens is 337 g/mol. The van der Waals surface area contributed by atoms with Crippen LogP contribution in [0.5, 0.6) is 0 Å². The van der Waals surface area contributed by atoms with Gasteiger partial charge in [-0.15, -0.1) is 0 Å². The van der Waals surface area contributed by atoms with Crippen LogP contribution in [0.4, 0.5) is 4.39 Å². The smallest absolute Gasteiger partial charge is 0.178 e. The standard InChI is InChI=1S/C20H26FNO2S/c1-16(2)18-7-5-17(6-8-18)15-22(3)13-4-14-25(23,24)20-11-9-19(21)10-12-20/h5-12,16H,4,13-15H2,1-3H3. The van der Waals surface area contributed by atoms with E-state index in [-0.39, 0.29) is 10.6 Å². The Morgan fingerprint density at radius 2 is 1.60 bits per heavy atom. The molecule has 0 aliphatic rings. The number of halogens is 1. The Hall–Kier alpha value is -1.72. The average Bonchev–Trinajstić information content (AvgIpc) is 2.55. The van der Waals surface area contributed by atoms with Gasteiger partial charge in [0.05, 0.1) is 10.6 Å². The summed E-state index contributed by atoms with van der Waals surface area (Å²) in [5.41, 5.74) is 2.53. The highest BCUT2D eigenvalue weighted by molar-refractivity contribution is 7.91. The summed E-state index contributed by atoms with van der Waals surface area (Å²) in [6.45, 7) is 5.81. The molecule has 2 rings (SSSR count). The van der Waals surface area contributed by atoms with Gasteiger partial charge in [-0.05, 0) is 61.3 Å². The van der Waals surface area contributed by atoms with Crippen LogP contribution in [-0.2, 0) is 16.4 Å². The van der Waals surface area contributed by atoms with E-state index in [9.17, 15) is 12.8 Å². The van der Waals surface area contributed by atoms with Gasteiger partial charge in [-0.3, -0.25) is 0 Å². The zero-order valence-corrected chi connectivity index (χ0v) is 15.9. The van der Waals surface area contributed by atoms with Crippen LogP contribution in [0.1, 0.15) is 37.3 Å². The maximum atomic E-state index is 12.9. The fourth-order valence-electron chi connectivity index (χ4n) is 2.68. The Labute approximate surface area is 150 Å². The molecule has 0 saturated heterocycles. The highest BCUT2D eigenvalue weighted by Crippen LogP contribution is 2.16. The summed E-state index contributed by atoms with van der Waals surface area (Å²) in [6, 6.07) is 13.6. The molecule has 0 saturated carbocycles. The topological polar surface area (TPSA) is 37.4 Å². The summed E-state index contributed by atoms with van der Waals surface area (Å²) in [4.78, 5) is 2.30. The van der Waals surface area contributed by atoms with E-state index in [1.807, 2.05) is 7.05 Å². The van der Waals surface area contributed by atoms with E-state index < -0.39 is 15.7 Å². The van der Waals surface area contributed by atoms with Gasteiger partial charge in [0.25, 0.3) is 0 Å². The molecular formula is C20H26FNO2S. The molecule has 0 N–H and O–H groups in total. The second-order valence-electron chi connectivity index (χ2n) is 6.76. The van der Waals surface area contributed by atoms with E-state index in [4.69, 9.17) is 0 Å². The van der Waals surface area contributed by atoms with E-state index in [0.29, 0.717) is 18.9 Å². The predicted octanol–water partition coefficient (Wildman–Crippen LogP) is 4.24. The van der Waals surface area contributed by atoms with E-state index in [1.165, 1.54) is 35.4 Å². The summed E-state index contributed by atoms with van der Waals surface area (Å²) in [7, 11) is -1.37. The monoisotopic (exact) mass is 363 g/mol. The van der Waals surface area contributed by atoms with Crippen LogP contribution in [-0.4, -0.2) is 32.7 Å². The van der Waals surface area contributed by atoms with Gasteiger partial charge in [-0.2, -0.15) is 0 Å². The fraction of sp³-hybridized carbons (Fsp3) is 0.400. The van der Waals surface area contributed by atoms with Gasteiger partial charge in [0, 0.05) is 6.54 Å². The van der Waals surface area contributed by atoms with Gasteiger partial charge in [-0.1, -0.05) is 38.1 Å². The third-order valence-corrected chi connectivity index (χ3v) is 6.04. The third-order valence-electron chi connectivity index (χ3n) is 4.22. The molecule has 0 amide bonds. The van der Waals surface area contributed by atoms with Crippen molar-refractivity contribution in [1.29, 1.82) is 0 Å². The summed E-state index contributed by atoms with van der Waals surface area (Å²) in [5.74, 6) is 0.153. The highest BCUT2D eigenvalue weighted by Gasteiger charge is 2.14. The van der Waals surface area contributed by atoms with Crippen LogP contribution in [0.15, 0.2) is 53.4 Å². The molecule has 136 valence electrons. The normalized spacial score (nSPS) is 12.1. The summed E-state index contributed by atoms with van der Waals surface area (Å²) in [5, 5.41) is 0. The zero-order valence-electron chi connectivity index (χ0n) is 15.1. The quantitative estimate of drug-likeness (QED) is 0.658. The number of sulfone groups is 1. The Bertz CT molecular complexity index is 768. The van der Waals surface area contributed by atoms with Crippen molar-refractivity contribution in [2.45, 2.75) is 37.6 Å². The van der Waals surface area contributed by atoms with Gasteiger partial charge in [0.2, 0.25) is 0 Å². The molecule has 0 bridgehead atoms. The maximum absolute atomic E-state index is 12.9. The number of hydrogen-bond donors (Lipinski definition) is 0. The molecule has 0 aromatic heterocycles. The molecule has 5 heteroatoms. The number of hydrogen-bond acceptors (Lipinski definition) is 3. The average molecular weight is 363 g/mol. The van der Waals surface area contributed by atoms with Gasteiger partial charge in [0.1, 0.15) is 5.82 Å². The minimum absolute atomic E-state index is 0.0647. The number of nitrogens with zero attached hydrogens (tertiary/aromatic N) is 1. The van der Waals surface area contributed by atoms with Crippen LogP contribution < -0.4 is 0 Å². The SMILES string of the molecule is CC(C)c1ccc(CN(C)CCCS(=O)(=O)c2ccc(F)cc2)cc1. The molecule has 2 aromatic rings. The van der Waals surface area contributed by atoms with Crippen LogP contribution in [0.3, 0.4) is 0 Å². The first-order chi connectivity index (χ1) is 11.8. The number of rotatable bonds is 8. The highest BCUT2D eigenvalue weighted by atomic mass is 32.2. The largest absolute Gasteiger partial charge is 0.302 e. The van der Waals surface area contributed by atoms with E-state index >= 15 is 0 Å². The summed E-state index contributed by atoms with van der Waals surface area (Å²) < 4.78 is 37.4. The first-order valence-electron chi connectivity index (χ1n) is 8.53. The van der Waals surface area contributed by atoms with Crippen molar-refractivity contribution in [1.82, 2.24) is 4.90 Å². The van der Waals surface area contributed by atoms with Crippen molar-refractivity contribution in [3.8, 4) is 0 Å². The molecule has 0 aliphatic heterocycles. The molecule has 2 aromatic carbocycles. The van der Waals surface area contributed by atoms with Crippen molar-refractivity contribution in [3.63, 3.8) is 0 Å². The fourth-order valence-corrected chi connectivity index (χ4v) is 3.98. The summed E-state index contributed by atoms with van der Waals surface area (Å²) >= 11 is 0. The maximum Gasteiger partial charge on any atom is 0.178 e. The predicted molar refractivity (Wildman–Crippen MR) is 99.9 cm³/mol. The van der Waals surface area contributed by atoms with Gasteiger partial charge in [-0.25, -0.2) is 12.8 Å². The molecule has 0 fully saturated rings. The lowest BCUT2D eigenvalue weighted by Crippen LogP contribution is -2.21. The summed E-state index contributed by atoms with van der Waals surface area (Å²) in [6.07, 6.45) is 0.542. The Kier molecular flexibility index (Phi) is 6.73. The Morgan fingerprint density at radius 3 is 2.16 bits per heavy atom. The molecule has 0 atom stereocenters. The lowest BCUT2D eigenvalue weighted by atomic mass is 10.0.